The Labute approximate surface area is 190 Å². The minimum Gasteiger partial charge on any atom is -0.476 e. The molecule has 0 bridgehead atoms. The first kappa shape index (κ1) is 24.3. The van der Waals surface area contributed by atoms with Gasteiger partial charge < -0.3 is 21.3 Å². The summed E-state index contributed by atoms with van der Waals surface area (Å²) >= 11 is 5.78. The molecule has 11 nitrogen and oxygen atoms in total. The molecule has 178 valence electrons. The second-order valence-electron chi connectivity index (χ2n) is 7.11. The molecule has 1 aromatic carbocycles. The van der Waals surface area contributed by atoms with Crippen LogP contribution in [0.4, 0.5) is 18.0 Å². The number of nitrogens with zero attached hydrogens (tertiary/aromatic N) is 5. The van der Waals surface area contributed by atoms with E-state index in [0.29, 0.717) is 13.1 Å². The summed E-state index contributed by atoms with van der Waals surface area (Å²) in [7, 11) is 0. The molecule has 1 aliphatic heterocycles. The Bertz CT molecular complexity index is 1080. The summed E-state index contributed by atoms with van der Waals surface area (Å²) in [6, 6.07) is 3.10. The Morgan fingerprint density at radius 3 is 2.42 bits per heavy atom. The number of aromatic carboxylic acids is 1. The molecule has 2 aromatic rings. The molecule has 0 saturated carbocycles. The number of hydrogen-bond acceptors (Lipinski definition) is 7. The molecule has 6 N–H and O–H groups in total. The first-order valence-electron chi connectivity index (χ1n) is 9.50. The van der Waals surface area contributed by atoms with Crippen molar-refractivity contribution in [2.24, 2.45) is 16.8 Å². The molecule has 1 aromatic heterocycles. The number of carboxylic acids is 1. The van der Waals surface area contributed by atoms with Crippen LogP contribution in [0.3, 0.4) is 0 Å². The van der Waals surface area contributed by atoms with Crippen LogP contribution < -0.4 is 17.1 Å². The Morgan fingerprint density at radius 1 is 1.24 bits per heavy atom. The number of amides is 1. The molecule has 1 saturated heterocycles. The minimum absolute atomic E-state index is 0.000924. The van der Waals surface area contributed by atoms with Crippen LogP contribution in [0.2, 0.25) is 5.02 Å². The molecule has 1 aliphatic rings. The van der Waals surface area contributed by atoms with Crippen molar-refractivity contribution in [1.29, 1.82) is 0 Å². The number of rotatable bonds is 4. The van der Waals surface area contributed by atoms with E-state index >= 15 is 0 Å². The largest absolute Gasteiger partial charge is 0.476 e. The van der Waals surface area contributed by atoms with Crippen LogP contribution in [0.5, 0.6) is 0 Å². The van der Waals surface area contributed by atoms with E-state index in [0.717, 1.165) is 16.9 Å². The van der Waals surface area contributed by atoms with Crippen molar-refractivity contribution in [2.75, 3.05) is 26.2 Å². The van der Waals surface area contributed by atoms with E-state index in [9.17, 15) is 22.8 Å². The number of carbonyl (C=O) groups excluding carboxylic acids is 1. The fourth-order valence-electron chi connectivity index (χ4n) is 3.40. The molecule has 2 heterocycles. The second-order valence-corrected chi connectivity index (χ2v) is 7.52. The normalized spacial score (nSPS) is 15.5. The summed E-state index contributed by atoms with van der Waals surface area (Å²) < 4.78 is 41.8. The van der Waals surface area contributed by atoms with Gasteiger partial charge in [0.05, 0.1) is 16.8 Å². The number of hydrazine groups is 1. The van der Waals surface area contributed by atoms with E-state index in [1.165, 1.54) is 17.0 Å². The van der Waals surface area contributed by atoms with Crippen molar-refractivity contribution in [2.45, 2.75) is 12.7 Å². The number of carbonyl (C=O) groups is 2. The van der Waals surface area contributed by atoms with Gasteiger partial charge in [-0.25, -0.2) is 15.4 Å². The molecule has 0 aliphatic carbocycles. The third kappa shape index (κ3) is 5.35. The lowest BCUT2D eigenvalue weighted by atomic mass is 10.0. The monoisotopic (exact) mass is 488 g/mol. The number of hydrogen-bond donors (Lipinski definition) is 4. The maximum Gasteiger partial charge on any atom is 0.416 e. The molecule has 0 unspecified atom stereocenters. The number of nitrogens with two attached hydrogens (primary N) is 2. The molecule has 15 heteroatoms. The van der Waals surface area contributed by atoms with Crippen molar-refractivity contribution < 1.29 is 27.9 Å². The van der Waals surface area contributed by atoms with Gasteiger partial charge >= 0.3 is 18.2 Å². The van der Waals surface area contributed by atoms with E-state index < -0.39 is 29.4 Å². The number of alkyl halides is 3. The quantitative estimate of drug-likeness (QED) is 0.216. The summed E-state index contributed by atoms with van der Waals surface area (Å²) in [6.45, 7) is 1.01. The third-order valence-corrected chi connectivity index (χ3v) is 5.34. The number of benzene rings is 1. The number of nitrogens with one attached hydrogen (secondary N) is 1. The molecule has 1 amide bonds. The molecule has 33 heavy (non-hydrogen) atoms. The molecule has 0 radical (unpaired) electrons. The highest BCUT2D eigenvalue weighted by Gasteiger charge is 2.35. The average Bonchev–Trinajstić information content (AvgIpc) is 3.16. The molecule has 1 fully saturated rings. The van der Waals surface area contributed by atoms with Crippen LogP contribution in [0, 0.1) is 0 Å². The summed E-state index contributed by atoms with van der Waals surface area (Å²) in [4.78, 5) is 26.8. The fourth-order valence-corrected chi connectivity index (χ4v) is 3.61. The zero-order chi connectivity index (χ0) is 24.3. The van der Waals surface area contributed by atoms with E-state index in [1.54, 1.807) is 4.90 Å². The van der Waals surface area contributed by atoms with E-state index in [1.807, 2.05) is 0 Å². The maximum absolute atomic E-state index is 13.6. The highest BCUT2D eigenvalue weighted by atomic mass is 35.5. The Balaban J connectivity index is 1.70. The maximum atomic E-state index is 13.6. The minimum atomic E-state index is -4.61. The molecular weight excluding hydrogens is 469 g/mol. The lowest BCUT2D eigenvalue weighted by molar-refractivity contribution is -0.138. The summed E-state index contributed by atoms with van der Waals surface area (Å²) in [5.74, 6) is 8.93. The SMILES string of the molecule is N/N=C(\NN)c1ccc(CN2CCN(C(=O)n3cc(Cl)c(C(=O)O)n3)CC2)c(C(F)(F)F)c1. The van der Waals surface area contributed by atoms with Gasteiger partial charge in [-0.3, -0.25) is 4.90 Å². The first-order valence-corrected chi connectivity index (χ1v) is 9.88. The van der Waals surface area contributed by atoms with Crippen molar-refractivity contribution >= 4 is 29.4 Å². The van der Waals surface area contributed by atoms with Gasteiger partial charge in [0.1, 0.15) is 0 Å². The van der Waals surface area contributed by atoms with Gasteiger partial charge in [0.15, 0.2) is 11.5 Å². The Hall–Kier alpha value is -3.36. The number of halogens is 4. The first-order chi connectivity index (χ1) is 15.5. The zero-order valence-electron chi connectivity index (χ0n) is 17.0. The van der Waals surface area contributed by atoms with Crippen molar-refractivity contribution in [3.05, 3.63) is 51.8 Å². The number of carboxylic acid groups (broad SMARTS) is 1. The van der Waals surface area contributed by atoms with Crippen LogP contribution in [0.25, 0.3) is 0 Å². The predicted molar refractivity (Wildman–Crippen MR) is 111 cm³/mol. The Kier molecular flexibility index (Phi) is 7.09. The summed E-state index contributed by atoms with van der Waals surface area (Å²) in [5, 5.41) is 15.8. The topological polar surface area (TPSA) is 155 Å². The zero-order valence-corrected chi connectivity index (χ0v) is 17.8. The van der Waals surface area contributed by atoms with E-state index in [4.69, 9.17) is 28.4 Å². The van der Waals surface area contributed by atoms with Crippen LogP contribution in [0.15, 0.2) is 29.5 Å². The summed E-state index contributed by atoms with van der Waals surface area (Å²) in [5.41, 5.74) is 0.993. The van der Waals surface area contributed by atoms with Crippen LogP contribution in [-0.2, 0) is 12.7 Å². The van der Waals surface area contributed by atoms with Gasteiger partial charge in [0, 0.05) is 38.3 Å². The highest BCUT2D eigenvalue weighted by Crippen LogP contribution is 2.33. The smallest absolute Gasteiger partial charge is 0.416 e. The third-order valence-electron chi connectivity index (χ3n) is 5.06. The van der Waals surface area contributed by atoms with Crippen LogP contribution in [-0.4, -0.2) is 68.7 Å². The van der Waals surface area contributed by atoms with Crippen LogP contribution >= 0.6 is 11.6 Å². The molecular formula is C18H20ClF3N8O3. The van der Waals surface area contributed by atoms with Gasteiger partial charge in [-0.05, 0) is 11.6 Å². The lowest BCUT2D eigenvalue weighted by Gasteiger charge is -2.34. The van der Waals surface area contributed by atoms with E-state index in [-0.39, 0.29) is 41.6 Å². The summed E-state index contributed by atoms with van der Waals surface area (Å²) in [6.07, 6.45) is -3.51. The van der Waals surface area contributed by atoms with Gasteiger partial charge in [-0.15, -0.1) is 0 Å². The number of hydrazone groups is 1. The van der Waals surface area contributed by atoms with Crippen molar-refractivity contribution in [3.8, 4) is 0 Å². The van der Waals surface area contributed by atoms with Gasteiger partial charge in [0.25, 0.3) is 0 Å². The van der Waals surface area contributed by atoms with Gasteiger partial charge in [0.2, 0.25) is 0 Å². The van der Waals surface area contributed by atoms with Crippen LogP contribution in [0.1, 0.15) is 27.2 Å². The molecule has 3 rings (SSSR count). The van der Waals surface area contributed by atoms with Crippen molar-refractivity contribution in [3.63, 3.8) is 0 Å². The molecule has 0 spiro atoms. The number of aromatic nitrogens is 2. The fraction of sp³-hybridized carbons (Fsp3) is 0.333. The second kappa shape index (κ2) is 9.64. The van der Waals surface area contributed by atoms with Crippen molar-refractivity contribution in [1.82, 2.24) is 25.0 Å². The van der Waals surface area contributed by atoms with E-state index in [2.05, 4.69) is 15.6 Å². The lowest BCUT2D eigenvalue weighted by Crippen LogP contribution is -2.49. The predicted octanol–water partition coefficient (Wildman–Crippen LogP) is 1.12. The number of amidine groups is 1. The van der Waals surface area contributed by atoms with Gasteiger partial charge in [-0.1, -0.05) is 23.7 Å². The Morgan fingerprint density at radius 2 is 1.91 bits per heavy atom. The van der Waals surface area contributed by atoms with Gasteiger partial charge in [-0.2, -0.15) is 28.1 Å². The molecule has 0 atom stereocenters. The standard InChI is InChI=1S/C18H20ClF3N8O3/c19-13-9-30(27-14(13)16(31)32)17(33)29-5-3-28(4-6-29)8-11-2-1-10(15(25-23)26-24)7-12(11)18(20,21)22/h1-2,7,9H,3-6,8,23-24H2,(H,25,26)(H,31,32). The highest BCUT2D eigenvalue weighted by molar-refractivity contribution is 6.33. The number of piperazine rings is 1. The average molecular weight is 489 g/mol.